The van der Waals surface area contributed by atoms with Gasteiger partial charge in [-0.1, -0.05) is 0 Å². The molecule has 2 aromatic rings. The molecule has 2 rings (SSSR count). The first kappa shape index (κ1) is 6.71. The van der Waals surface area contributed by atoms with E-state index in [9.17, 15) is 0 Å². The maximum Gasteiger partial charge on any atom is 0.143 e. The summed E-state index contributed by atoms with van der Waals surface area (Å²) in [5.74, 6) is 0.479. The second-order valence-corrected chi connectivity index (χ2v) is 2.20. The maximum absolute atomic E-state index is 5.41. The summed E-state index contributed by atoms with van der Waals surface area (Å²) in [7, 11) is 0. The molecule has 0 aliphatic carbocycles. The van der Waals surface area contributed by atoms with Crippen LogP contribution in [0.2, 0.25) is 0 Å². The first-order valence-electron chi connectivity index (χ1n) is 3.31. The first-order chi connectivity index (χ1) is 5.86. The van der Waals surface area contributed by atoms with E-state index in [1.54, 1.807) is 18.3 Å². The molecule has 0 bridgehead atoms. The molecule has 0 saturated carbocycles. The normalized spacial score (nSPS) is 10.0. The molecule has 0 fully saturated rings. The van der Waals surface area contributed by atoms with Crippen LogP contribution in [0.4, 0.5) is 5.82 Å². The summed E-state index contributed by atoms with van der Waals surface area (Å²) in [6, 6.07) is 3.48. The average Bonchev–Trinajstić information content (AvgIpc) is 2.58. The van der Waals surface area contributed by atoms with Gasteiger partial charge in [-0.3, -0.25) is 0 Å². The van der Waals surface area contributed by atoms with Crippen LogP contribution < -0.4 is 5.73 Å². The first-order valence-corrected chi connectivity index (χ1v) is 3.31. The molecule has 0 saturated heterocycles. The Hall–Kier alpha value is -1.98. The summed E-state index contributed by atoms with van der Waals surface area (Å²) < 4.78 is 1.51. The standard InChI is InChI=1S/C6H6N6/c7-6-2-1-5(3-8-6)12-4-9-10-11-12/h1-4H,(H2,7,8). The summed E-state index contributed by atoms with van der Waals surface area (Å²) in [6.45, 7) is 0. The number of anilines is 1. The fraction of sp³-hybridized carbons (Fsp3) is 0. The molecule has 12 heavy (non-hydrogen) atoms. The molecule has 0 aliphatic heterocycles. The zero-order valence-electron chi connectivity index (χ0n) is 6.12. The lowest BCUT2D eigenvalue weighted by Gasteiger charge is -1.96. The Morgan fingerprint density at radius 3 is 2.83 bits per heavy atom. The van der Waals surface area contributed by atoms with Crippen molar-refractivity contribution in [3.05, 3.63) is 24.7 Å². The number of tetrazole rings is 1. The van der Waals surface area contributed by atoms with Crippen LogP contribution in [-0.2, 0) is 0 Å². The lowest BCUT2D eigenvalue weighted by atomic mass is 10.4. The molecule has 0 aliphatic rings. The van der Waals surface area contributed by atoms with Gasteiger partial charge in [0, 0.05) is 0 Å². The molecule has 0 aromatic carbocycles. The van der Waals surface area contributed by atoms with E-state index in [0.717, 1.165) is 5.69 Å². The van der Waals surface area contributed by atoms with Gasteiger partial charge in [0.1, 0.15) is 12.1 Å². The third-order valence-electron chi connectivity index (χ3n) is 1.38. The van der Waals surface area contributed by atoms with E-state index in [2.05, 4.69) is 20.5 Å². The average molecular weight is 162 g/mol. The summed E-state index contributed by atoms with van der Waals surface area (Å²) >= 11 is 0. The zero-order chi connectivity index (χ0) is 8.39. The number of nitrogens with two attached hydrogens (primary N) is 1. The van der Waals surface area contributed by atoms with Gasteiger partial charge in [-0.05, 0) is 22.6 Å². The zero-order valence-corrected chi connectivity index (χ0v) is 6.12. The van der Waals surface area contributed by atoms with Crippen molar-refractivity contribution in [1.29, 1.82) is 0 Å². The summed E-state index contributed by atoms with van der Waals surface area (Å²) in [4.78, 5) is 3.90. The molecule has 0 spiro atoms. The van der Waals surface area contributed by atoms with Crippen molar-refractivity contribution in [3.63, 3.8) is 0 Å². The molecule has 0 amide bonds. The Bertz CT molecular complexity index is 350. The minimum Gasteiger partial charge on any atom is -0.384 e. The molecule has 2 N–H and O–H groups in total. The number of nitrogen functional groups attached to an aromatic ring is 1. The largest absolute Gasteiger partial charge is 0.384 e. The molecule has 0 unspecified atom stereocenters. The number of hydrogen-bond acceptors (Lipinski definition) is 5. The lowest BCUT2D eigenvalue weighted by Crippen LogP contribution is -1.97. The minimum absolute atomic E-state index is 0.479. The van der Waals surface area contributed by atoms with Gasteiger partial charge in [0.15, 0.2) is 0 Å². The van der Waals surface area contributed by atoms with Crippen LogP contribution in [0.5, 0.6) is 0 Å². The molecular weight excluding hydrogens is 156 g/mol. The Labute approximate surface area is 68.0 Å². The van der Waals surface area contributed by atoms with Crippen molar-refractivity contribution in [2.24, 2.45) is 0 Å². The van der Waals surface area contributed by atoms with Gasteiger partial charge in [0.25, 0.3) is 0 Å². The van der Waals surface area contributed by atoms with Crippen molar-refractivity contribution in [2.75, 3.05) is 5.73 Å². The molecule has 2 aromatic heterocycles. The molecular formula is C6H6N6. The van der Waals surface area contributed by atoms with Gasteiger partial charge < -0.3 is 5.73 Å². The van der Waals surface area contributed by atoms with E-state index >= 15 is 0 Å². The fourth-order valence-electron chi connectivity index (χ4n) is 0.813. The Kier molecular flexibility index (Phi) is 1.44. The highest BCUT2D eigenvalue weighted by molar-refractivity contribution is 5.35. The fourth-order valence-corrected chi connectivity index (χ4v) is 0.813. The molecule has 0 radical (unpaired) electrons. The lowest BCUT2D eigenvalue weighted by molar-refractivity contribution is 0.786. The predicted molar refractivity (Wildman–Crippen MR) is 41.4 cm³/mol. The van der Waals surface area contributed by atoms with E-state index in [4.69, 9.17) is 5.73 Å². The Morgan fingerprint density at radius 1 is 1.33 bits per heavy atom. The van der Waals surface area contributed by atoms with Crippen LogP contribution in [-0.4, -0.2) is 25.2 Å². The SMILES string of the molecule is Nc1ccc(-n2cnnn2)cn1. The highest BCUT2D eigenvalue weighted by Crippen LogP contribution is 2.03. The van der Waals surface area contributed by atoms with Gasteiger partial charge in [-0.2, -0.15) is 4.68 Å². The highest BCUT2D eigenvalue weighted by Gasteiger charge is 1.96. The smallest absolute Gasteiger partial charge is 0.143 e. The third kappa shape index (κ3) is 1.09. The third-order valence-corrected chi connectivity index (χ3v) is 1.38. The molecule has 0 atom stereocenters. The minimum atomic E-state index is 0.479. The second kappa shape index (κ2) is 2.57. The monoisotopic (exact) mass is 162 g/mol. The Balaban J connectivity index is 2.43. The number of hydrogen-bond donors (Lipinski definition) is 1. The van der Waals surface area contributed by atoms with Crippen LogP contribution >= 0.6 is 0 Å². The maximum atomic E-state index is 5.41. The summed E-state index contributed by atoms with van der Waals surface area (Å²) in [6.07, 6.45) is 3.10. The second-order valence-electron chi connectivity index (χ2n) is 2.20. The molecule has 6 nitrogen and oxygen atoms in total. The van der Waals surface area contributed by atoms with E-state index in [1.807, 2.05) is 0 Å². The van der Waals surface area contributed by atoms with E-state index in [1.165, 1.54) is 11.0 Å². The van der Waals surface area contributed by atoms with Crippen molar-refractivity contribution >= 4 is 5.82 Å². The van der Waals surface area contributed by atoms with Gasteiger partial charge in [-0.25, -0.2) is 4.98 Å². The van der Waals surface area contributed by atoms with Crippen molar-refractivity contribution in [3.8, 4) is 5.69 Å². The molecule has 2 heterocycles. The van der Waals surface area contributed by atoms with Crippen LogP contribution in [0.25, 0.3) is 5.69 Å². The topological polar surface area (TPSA) is 82.5 Å². The number of pyridine rings is 1. The predicted octanol–water partition coefficient (Wildman–Crippen LogP) is -0.361. The van der Waals surface area contributed by atoms with Gasteiger partial charge in [-0.15, -0.1) is 5.10 Å². The van der Waals surface area contributed by atoms with E-state index < -0.39 is 0 Å². The number of aromatic nitrogens is 5. The van der Waals surface area contributed by atoms with Crippen LogP contribution in [0.3, 0.4) is 0 Å². The quantitative estimate of drug-likeness (QED) is 0.619. The van der Waals surface area contributed by atoms with Gasteiger partial charge in [0.2, 0.25) is 0 Å². The van der Waals surface area contributed by atoms with Crippen molar-refractivity contribution in [2.45, 2.75) is 0 Å². The van der Waals surface area contributed by atoms with Crippen LogP contribution in [0.1, 0.15) is 0 Å². The number of nitrogens with zero attached hydrogens (tertiary/aromatic N) is 5. The molecule has 60 valence electrons. The van der Waals surface area contributed by atoms with Crippen molar-refractivity contribution in [1.82, 2.24) is 25.2 Å². The van der Waals surface area contributed by atoms with Crippen molar-refractivity contribution < 1.29 is 0 Å². The highest BCUT2D eigenvalue weighted by atomic mass is 15.5. The Morgan fingerprint density at radius 2 is 2.25 bits per heavy atom. The van der Waals surface area contributed by atoms with Crippen LogP contribution in [0.15, 0.2) is 24.7 Å². The summed E-state index contributed by atoms with van der Waals surface area (Å²) in [5.41, 5.74) is 6.19. The van der Waals surface area contributed by atoms with E-state index in [0.29, 0.717) is 5.82 Å². The number of rotatable bonds is 1. The summed E-state index contributed by atoms with van der Waals surface area (Å²) in [5, 5.41) is 10.7. The van der Waals surface area contributed by atoms with Gasteiger partial charge >= 0.3 is 0 Å². The molecule has 6 heteroatoms. The van der Waals surface area contributed by atoms with Crippen LogP contribution in [0, 0.1) is 0 Å². The van der Waals surface area contributed by atoms with E-state index in [-0.39, 0.29) is 0 Å². The van der Waals surface area contributed by atoms with Gasteiger partial charge in [0.05, 0.1) is 11.9 Å².